The average molecular weight is 431 g/mol. The SMILES string of the molecule is COc1cccc2c1CC(NCCCCCCN(c1ccc(C)cc1)S(=O)O)CC2. The molecule has 0 aromatic heterocycles. The topological polar surface area (TPSA) is 61.8 Å². The smallest absolute Gasteiger partial charge is 0.261 e. The third-order valence-electron chi connectivity index (χ3n) is 5.89. The first-order valence-corrected chi connectivity index (χ1v) is 12.0. The Labute approximate surface area is 183 Å². The Morgan fingerprint density at radius 2 is 1.90 bits per heavy atom. The number of ether oxygens (including phenoxy) is 1. The lowest BCUT2D eigenvalue weighted by Gasteiger charge is -2.27. The molecule has 0 bridgehead atoms. The fourth-order valence-electron chi connectivity index (χ4n) is 4.17. The molecular formula is C24H34N2O3S. The van der Waals surface area contributed by atoms with Crippen LogP contribution in [0.5, 0.6) is 5.75 Å². The van der Waals surface area contributed by atoms with Crippen LogP contribution in [0.25, 0.3) is 0 Å². The molecule has 1 aliphatic rings. The first-order chi connectivity index (χ1) is 14.6. The molecule has 164 valence electrons. The highest BCUT2D eigenvalue weighted by Crippen LogP contribution is 2.29. The Morgan fingerprint density at radius 1 is 1.13 bits per heavy atom. The fourth-order valence-corrected chi connectivity index (χ4v) is 4.76. The zero-order valence-electron chi connectivity index (χ0n) is 18.1. The minimum atomic E-state index is -1.98. The molecule has 3 rings (SSSR count). The number of hydrogen-bond acceptors (Lipinski definition) is 3. The van der Waals surface area contributed by atoms with E-state index in [1.54, 1.807) is 11.4 Å². The number of aryl methyl sites for hydroxylation is 2. The molecule has 2 unspecified atom stereocenters. The molecular weight excluding hydrogens is 396 g/mol. The number of nitrogens with zero attached hydrogens (tertiary/aromatic N) is 1. The minimum absolute atomic E-state index is 0.516. The van der Waals surface area contributed by atoms with Crippen LogP contribution in [0.1, 0.15) is 48.8 Å². The van der Waals surface area contributed by atoms with E-state index in [-0.39, 0.29) is 0 Å². The molecule has 0 heterocycles. The van der Waals surface area contributed by atoms with Gasteiger partial charge in [-0.1, -0.05) is 42.7 Å². The van der Waals surface area contributed by atoms with Crippen molar-refractivity contribution in [2.24, 2.45) is 0 Å². The van der Waals surface area contributed by atoms with Crippen LogP contribution in [0.3, 0.4) is 0 Å². The predicted octanol–water partition coefficient (Wildman–Crippen LogP) is 4.65. The van der Waals surface area contributed by atoms with Gasteiger partial charge in [-0.25, -0.2) is 4.21 Å². The Morgan fingerprint density at radius 3 is 2.63 bits per heavy atom. The van der Waals surface area contributed by atoms with Crippen LogP contribution < -0.4 is 14.4 Å². The summed E-state index contributed by atoms with van der Waals surface area (Å²) in [6.07, 6.45) is 7.54. The fraction of sp³-hybridized carbons (Fsp3) is 0.500. The molecule has 0 radical (unpaired) electrons. The number of rotatable bonds is 11. The van der Waals surface area contributed by atoms with E-state index in [9.17, 15) is 8.76 Å². The summed E-state index contributed by atoms with van der Waals surface area (Å²) in [5.41, 5.74) is 4.73. The second-order valence-corrected chi connectivity index (χ2v) is 8.98. The van der Waals surface area contributed by atoms with E-state index in [2.05, 4.69) is 23.5 Å². The van der Waals surface area contributed by atoms with Crippen molar-refractivity contribution < 1.29 is 13.5 Å². The van der Waals surface area contributed by atoms with Crippen LogP contribution in [-0.2, 0) is 24.1 Å². The second-order valence-electron chi connectivity index (χ2n) is 8.07. The summed E-state index contributed by atoms with van der Waals surface area (Å²) in [5.74, 6) is 1.01. The Hall–Kier alpha value is -1.89. The molecule has 30 heavy (non-hydrogen) atoms. The molecule has 6 heteroatoms. The Balaban J connectivity index is 1.34. The maximum Gasteiger partial charge on any atom is 0.261 e. The van der Waals surface area contributed by atoms with Crippen LogP contribution in [0, 0.1) is 6.92 Å². The van der Waals surface area contributed by atoms with Crippen LogP contribution >= 0.6 is 0 Å². The van der Waals surface area contributed by atoms with E-state index in [0.717, 1.165) is 62.1 Å². The van der Waals surface area contributed by atoms with Gasteiger partial charge in [0.15, 0.2) is 0 Å². The molecule has 0 spiro atoms. The quantitative estimate of drug-likeness (QED) is 0.402. The van der Waals surface area contributed by atoms with Crippen molar-refractivity contribution in [2.75, 3.05) is 24.5 Å². The van der Waals surface area contributed by atoms with E-state index in [1.807, 2.05) is 31.2 Å². The monoisotopic (exact) mass is 430 g/mol. The van der Waals surface area contributed by atoms with E-state index in [4.69, 9.17) is 4.74 Å². The van der Waals surface area contributed by atoms with Gasteiger partial charge in [-0.3, -0.25) is 8.86 Å². The maximum absolute atomic E-state index is 11.7. The number of anilines is 1. The van der Waals surface area contributed by atoms with Gasteiger partial charge in [-0.15, -0.1) is 0 Å². The molecule has 2 N–H and O–H groups in total. The number of fused-ring (bicyclic) bond motifs is 1. The van der Waals surface area contributed by atoms with Crippen molar-refractivity contribution in [1.29, 1.82) is 0 Å². The summed E-state index contributed by atoms with van der Waals surface area (Å²) in [4.78, 5) is 0. The van der Waals surface area contributed by atoms with E-state index < -0.39 is 11.3 Å². The van der Waals surface area contributed by atoms with Crippen molar-refractivity contribution in [3.63, 3.8) is 0 Å². The van der Waals surface area contributed by atoms with Crippen molar-refractivity contribution in [3.8, 4) is 5.75 Å². The minimum Gasteiger partial charge on any atom is -0.496 e. The van der Waals surface area contributed by atoms with Gasteiger partial charge in [0.1, 0.15) is 5.75 Å². The van der Waals surface area contributed by atoms with Crippen LogP contribution in [0.4, 0.5) is 5.69 Å². The lowest BCUT2D eigenvalue weighted by molar-refractivity contribution is 0.392. The van der Waals surface area contributed by atoms with Crippen LogP contribution in [0.15, 0.2) is 42.5 Å². The second kappa shape index (κ2) is 11.5. The van der Waals surface area contributed by atoms with Gasteiger partial charge >= 0.3 is 0 Å². The average Bonchev–Trinajstić information content (AvgIpc) is 2.75. The lowest BCUT2D eigenvalue weighted by Crippen LogP contribution is -2.35. The zero-order chi connectivity index (χ0) is 21.3. The van der Waals surface area contributed by atoms with Crippen molar-refractivity contribution in [3.05, 3.63) is 59.2 Å². The molecule has 2 aromatic rings. The summed E-state index contributed by atoms with van der Waals surface area (Å²) in [5, 5.41) is 3.71. The third kappa shape index (κ3) is 6.30. The van der Waals surface area contributed by atoms with E-state index in [0.29, 0.717) is 12.6 Å². The van der Waals surface area contributed by atoms with Crippen LogP contribution in [-0.4, -0.2) is 35.0 Å². The lowest BCUT2D eigenvalue weighted by atomic mass is 9.87. The largest absolute Gasteiger partial charge is 0.496 e. The Kier molecular flexibility index (Phi) is 8.73. The third-order valence-corrected chi connectivity index (χ3v) is 6.66. The van der Waals surface area contributed by atoms with Gasteiger partial charge < -0.3 is 10.1 Å². The normalized spacial score (nSPS) is 16.7. The van der Waals surface area contributed by atoms with Gasteiger partial charge in [-0.2, -0.15) is 0 Å². The molecule has 0 fully saturated rings. The number of benzene rings is 2. The number of nitrogens with one attached hydrogen (secondary N) is 1. The summed E-state index contributed by atoms with van der Waals surface area (Å²) < 4.78 is 28.4. The summed E-state index contributed by atoms with van der Waals surface area (Å²) in [6.45, 7) is 3.63. The van der Waals surface area contributed by atoms with Gasteiger partial charge in [0.25, 0.3) is 11.3 Å². The van der Waals surface area contributed by atoms with Gasteiger partial charge in [-0.05, 0) is 74.9 Å². The zero-order valence-corrected chi connectivity index (χ0v) is 18.9. The number of unbranched alkanes of at least 4 members (excludes halogenated alkanes) is 3. The van der Waals surface area contributed by atoms with Crippen molar-refractivity contribution in [1.82, 2.24) is 5.32 Å². The standard InChI is InChI=1S/C24H34N2O3S/c1-19-10-14-22(15-11-19)26(30(27)28)17-6-4-3-5-16-25-21-13-12-20-8-7-9-24(29-2)23(20)18-21/h7-11,14-15,21,25H,3-6,12-13,16-18H2,1-2H3,(H,27,28). The summed E-state index contributed by atoms with van der Waals surface area (Å²) in [7, 11) is 1.75. The highest BCUT2D eigenvalue weighted by atomic mass is 32.2. The molecule has 0 amide bonds. The molecule has 0 saturated carbocycles. The Bertz CT molecular complexity index is 811. The van der Waals surface area contributed by atoms with Gasteiger partial charge in [0.05, 0.1) is 12.8 Å². The van der Waals surface area contributed by atoms with E-state index >= 15 is 0 Å². The predicted molar refractivity (Wildman–Crippen MR) is 125 cm³/mol. The van der Waals surface area contributed by atoms with Crippen molar-refractivity contribution >= 4 is 17.0 Å². The summed E-state index contributed by atoms with van der Waals surface area (Å²) >= 11 is -1.98. The summed E-state index contributed by atoms with van der Waals surface area (Å²) in [6, 6.07) is 14.6. The molecule has 0 aliphatic heterocycles. The molecule has 2 aromatic carbocycles. The molecule has 2 atom stereocenters. The maximum atomic E-state index is 11.7. The van der Waals surface area contributed by atoms with Gasteiger partial charge in [0.2, 0.25) is 0 Å². The van der Waals surface area contributed by atoms with Gasteiger partial charge in [0, 0.05) is 12.6 Å². The van der Waals surface area contributed by atoms with Crippen LogP contribution in [0.2, 0.25) is 0 Å². The first kappa shape index (κ1) is 22.8. The molecule has 1 aliphatic carbocycles. The first-order valence-electron chi connectivity index (χ1n) is 10.9. The number of hydrogen-bond donors (Lipinski definition) is 2. The highest BCUT2D eigenvalue weighted by molar-refractivity contribution is 7.80. The van der Waals surface area contributed by atoms with Crippen molar-refractivity contribution in [2.45, 2.75) is 57.9 Å². The molecule has 5 nitrogen and oxygen atoms in total. The molecule has 0 saturated heterocycles. The number of methoxy groups -OCH3 is 1. The highest BCUT2D eigenvalue weighted by Gasteiger charge is 2.20. The van der Waals surface area contributed by atoms with E-state index in [1.165, 1.54) is 17.5 Å².